The number of aliphatic hydroxyl groups is 1. The first kappa shape index (κ1) is 31.8. The molecule has 3 aromatic rings. The summed E-state index contributed by atoms with van der Waals surface area (Å²) in [6.07, 6.45) is 0.979. The number of methoxy groups -OCH3 is 1. The zero-order valence-electron chi connectivity index (χ0n) is 23.9. The van der Waals surface area contributed by atoms with Gasteiger partial charge in [-0.3, -0.25) is 9.69 Å². The average Bonchev–Trinajstić information content (AvgIpc) is 3.21. The molecule has 5 rings (SSSR count). The highest BCUT2D eigenvalue weighted by molar-refractivity contribution is 7.90. The predicted octanol–water partition coefficient (Wildman–Crippen LogP) is 5.73. The number of alkyl halides is 1. The number of hydrogen-bond donors (Lipinski definition) is 2. The quantitative estimate of drug-likeness (QED) is 0.323. The summed E-state index contributed by atoms with van der Waals surface area (Å²) in [5.74, 6) is -1.58. The van der Waals surface area contributed by atoms with Gasteiger partial charge >= 0.3 is 0 Å². The maximum atomic E-state index is 16.5. The van der Waals surface area contributed by atoms with E-state index in [1.54, 1.807) is 31.2 Å². The molecule has 43 heavy (non-hydrogen) atoms. The number of nitrogens with zero attached hydrogens (tertiary/aromatic N) is 1. The minimum absolute atomic E-state index is 0.00767. The van der Waals surface area contributed by atoms with Crippen LogP contribution < -0.4 is 5.32 Å². The van der Waals surface area contributed by atoms with Crippen LogP contribution in [0.1, 0.15) is 58.8 Å². The van der Waals surface area contributed by atoms with Crippen molar-refractivity contribution in [2.24, 2.45) is 0 Å². The van der Waals surface area contributed by atoms with E-state index in [9.17, 15) is 18.3 Å². The van der Waals surface area contributed by atoms with Crippen LogP contribution in [-0.4, -0.2) is 56.5 Å². The van der Waals surface area contributed by atoms with Gasteiger partial charge in [-0.15, -0.1) is 0 Å². The maximum Gasteiger partial charge on any atom is 0.257 e. The molecular formula is C31H32Cl2F2N2O5S. The number of ether oxygens (including phenoxy) is 1. The molecule has 2 heterocycles. The van der Waals surface area contributed by atoms with Gasteiger partial charge in [-0.05, 0) is 79.9 Å². The topological polar surface area (TPSA) is 95.9 Å². The summed E-state index contributed by atoms with van der Waals surface area (Å²) in [6, 6.07) is 13.0. The minimum atomic E-state index is -3.79. The van der Waals surface area contributed by atoms with Crippen LogP contribution >= 0.6 is 23.2 Å². The van der Waals surface area contributed by atoms with Gasteiger partial charge in [0.2, 0.25) is 0 Å². The van der Waals surface area contributed by atoms with E-state index in [1.165, 1.54) is 36.3 Å². The Morgan fingerprint density at radius 1 is 1.07 bits per heavy atom. The largest absolute Gasteiger partial charge is 0.382 e. The molecule has 2 atom stereocenters. The fourth-order valence-electron chi connectivity index (χ4n) is 6.46. The molecule has 0 radical (unpaired) electrons. The molecular weight excluding hydrogens is 621 g/mol. The molecule has 0 bridgehead atoms. The Balaban J connectivity index is 1.75. The number of amides is 1. The molecule has 2 aliphatic heterocycles. The van der Waals surface area contributed by atoms with Gasteiger partial charge in [0.05, 0.1) is 22.6 Å². The molecule has 1 saturated heterocycles. The van der Waals surface area contributed by atoms with Crippen molar-refractivity contribution < 1.29 is 31.8 Å². The van der Waals surface area contributed by atoms with Gasteiger partial charge in [0, 0.05) is 29.0 Å². The van der Waals surface area contributed by atoms with Gasteiger partial charge in [0.15, 0.2) is 15.6 Å². The van der Waals surface area contributed by atoms with Crippen LogP contribution in [0.25, 0.3) is 0 Å². The van der Waals surface area contributed by atoms with Crippen LogP contribution in [0.15, 0.2) is 59.5 Å². The van der Waals surface area contributed by atoms with Crippen LogP contribution in [0.2, 0.25) is 10.0 Å². The van der Waals surface area contributed by atoms with E-state index in [2.05, 4.69) is 5.32 Å². The summed E-state index contributed by atoms with van der Waals surface area (Å²) in [6.45, 7) is 1.98. The highest BCUT2D eigenvalue weighted by atomic mass is 35.5. The Bertz CT molecular complexity index is 1680. The summed E-state index contributed by atoms with van der Waals surface area (Å²) in [5, 5.41) is 15.4. The third-order valence-corrected chi connectivity index (χ3v) is 10.4. The molecule has 2 aliphatic rings. The van der Waals surface area contributed by atoms with Crippen LogP contribution in [-0.2, 0) is 32.4 Å². The van der Waals surface area contributed by atoms with Crippen LogP contribution in [0.4, 0.5) is 8.78 Å². The third kappa shape index (κ3) is 5.15. The summed E-state index contributed by atoms with van der Waals surface area (Å²) in [4.78, 5) is 15.4. The van der Waals surface area contributed by atoms with Crippen LogP contribution in [0.3, 0.4) is 0 Å². The number of halogens is 4. The van der Waals surface area contributed by atoms with Gasteiger partial charge in [-0.25, -0.2) is 17.2 Å². The first-order valence-electron chi connectivity index (χ1n) is 13.8. The lowest BCUT2D eigenvalue weighted by Gasteiger charge is -2.44. The van der Waals surface area contributed by atoms with Crippen molar-refractivity contribution in [3.05, 3.63) is 98.3 Å². The lowest BCUT2D eigenvalue weighted by molar-refractivity contribution is -0.127. The summed E-state index contributed by atoms with van der Waals surface area (Å²) < 4.78 is 64.3. The molecule has 1 unspecified atom stereocenters. The number of hydrogen-bond acceptors (Lipinski definition) is 6. The van der Waals surface area contributed by atoms with E-state index in [4.69, 9.17) is 27.9 Å². The molecule has 1 amide bonds. The predicted molar refractivity (Wildman–Crippen MR) is 160 cm³/mol. The number of rotatable bonds is 8. The Kier molecular flexibility index (Phi) is 8.43. The molecule has 3 aromatic carbocycles. The van der Waals surface area contributed by atoms with E-state index < -0.39 is 38.6 Å². The van der Waals surface area contributed by atoms with Crippen molar-refractivity contribution in [3.63, 3.8) is 0 Å². The zero-order valence-corrected chi connectivity index (χ0v) is 26.2. The number of piperidine rings is 1. The summed E-state index contributed by atoms with van der Waals surface area (Å²) in [7, 11) is -2.48. The van der Waals surface area contributed by atoms with Gasteiger partial charge < -0.3 is 15.2 Å². The van der Waals surface area contributed by atoms with Crippen molar-refractivity contribution in [1.29, 1.82) is 0 Å². The fourth-order valence-corrected chi connectivity index (χ4v) is 7.77. The molecule has 0 spiro atoms. The number of benzene rings is 3. The number of fused-ring (bicyclic) bond motifs is 1. The number of nitrogens with one attached hydrogen (secondary N) is 1. The van der Waals surface area contributed by atoms with E-state index in [0.717, 1.165) is 12.3 Å². The Hall–Kier alpha value is -2.60. The van der Waals surface area contributed by atoms with Gasteiger partial charge in [-0.2, -0.15) is 0 Å². The first-order chi connectivity index (χ1) is 20.2. The highest BCUT2D eigenvalue weighted by Crippen LogP contribution is 2.51. The molecule has 230 valence electrons. The van der Waals surface area contributed by atoms with Crippen LogP contribution in [0, 0.1) is 5.82 Å². The Morgan fingerprint density at radius 3 is 2.28 bits per heavy atom. The number of sulfone groups is 1. The SMILES string of the molecule is CCC(O)(c1cc(F)c2c(c1)C(=O)N(Cc1ccc(Cl)cc1S(C)(=O)=O)[C@@]2(OC)c1ccc(Cl)cc1)C1(F)CCNCC1. The fraction of sp³-hybridized carbons (Fsp3) is 0.387. The van der Waals surface area contributed by atoms with Crippen molar-refractivity contribution in [2.45, 2.75) is 54.6 Å². The van der Waals surface area contributed by atoms with Crippen molar-refractivity contribution in [2.75, 3.05) is 26.5 Å². The second-order valence-electron chi connectivity index (χ2n) is 11.1. The monoisotopic (exact) mass is 652 g/mol. The lowest BCUT2D eigenvalue weighted by Crippen LogP contribution is -2.53. The average molecular weight is 654 g/mol. The zero-order chi connectivity index (χ0) is 31.4. The minimum Gasteiger partial charge on any atom is -0.382 e. The molecule has 0 saturated carbocycles. The summed E-state index contributed by atoms with van der Waals surface area (Å²) in [5.41, 5.74) is -5.75. The molecule has 0 aliphatic carbocycles. The summed E-state index contributed by atoms with van der Waals surface area (Å²) >= 11 is 12.3. The standard InChI is InChI=1S/C31H32Cl2F2N2O5S/c1-4-30(39,29(35)11-13-36-14-12-29)21-15-24-27(25(34)16-21)31(42-2,20-6-9-22(32)10-7-20)37(28(24)38)18-19-5-8-23(33)17-26(19)43(3,40)41/h5-10,15-17,36,39H,4,11-14,18H2,1-3H3/t30?,31-/m1/s1. The highest BCUT2D eigenvalue weighted by Gasteiger charge is 2.56. The van der Waals surface area contributed by atoms with Crippen molar-refractivity contribution in [3.8, 4) is 0 Å². The molecule has 2 N–H and O–H groups in total. The second-order valence-corrected chi connectivity index (χ2v) is 13.9. The normalized spacial score (nSPS) is 21.5. The van der Waals surface area contributed by atoms with E-state index >= 15 is 8.78 Å². The molecule has 0 aromatic heterocycles. The Morgan fingerprint density at radius 2 is 1.70 bits per heavy atom. The first-order valence-corrected chi connectivity index (χ1v) is 16.4. The third-order valence-electron chi connectivity index (χ3n) is 8.70. The van der Waals surface area contributed by atoms with Gasteiger partial charge in [-0.1, -0.05) is 48.3 Å². The lowest BCUT2D eigenvalue weighted by atomic mass is 9.71. The van der Waals surface area contributed by atoms with E-state index in [1.807, 2.05) is 0 Å². The number of carbonyl (C=O) groups is 1. The van der Waals surface area contributed by atoms with Crippen molar-refractivity contribution in [1.82, 2.24) is 10.2 Å². The molecule has 1 fully saturated rings. The van der Waals surface area contributed by atoms with Gasteiger partial charge in [0.1, 0.15) is 17.1 Å². The second kappa shape index (κ2) is 11.4. The van der Waals surface area contributed by atoms with E-state index in [0.29, 0.717) is 23.7 Å². The molecule has 7 nitrogen and oxygen atoms in total. The number of carbonyl (C=O) groups excluding carboxylic acids is 1. The molecule has 12 heteroatoms. The van der Waals surface area contributed by atoms with E-state index in [-0.39, 0.29) is 58.0 Å². The van der Waals surface area contributed by atoms with Gasteiger partial charge in [0.25, 0.3) is 5.91 Å². The smallest absolute Gasteiger partial charge is 0.257 e. The maximum absolute atomic E-state index is 16.5. The van der Waals surface area contributed by atoms with Crippen molar-refractivity contribution >= 4 is 38.9 Å². The Labute approximate surface area is 259 Å². The van der Waals surface area contributed by atoms with Crippen LogP contribution in [0.5, 0.6) is 0 Å².